The zero-order chi connectivity index (χ0) is 12.4. The Morgan fingerprint density at radius 2 is 2.12 bits per heavy atom. The number of carbonyl (C=O) groups excluding carboxylic acids is 1. The Kier molecular flexibility index (Phi) is 3.84. The zero-order valence-corrected chi connectivity index (χ0v) is 11.1. The molecule has 4 nitrogen and oxygen atoms in total. The van der Waals surface area contributed by atoms with Gasteiger partial charge in [-0.3, -0.25) is 0 Å². The van der Waals surface area contributed by atoms with Crippen molar-refractivity contribution < 1.29 is 9.53 Å². The van der Waals surface area contributed by atoms with Crippen LogP contribution in [0.3, 0.4) is 0 Å². The van der Waals surface area contributed by atoms with Crippen molar-refractivity contribution in [2.45, 2.75) is 52.2 Å². The summed E-state index contributed by atoms with van der Waals surface area (Å²) in [5.74, 6) is 0. The van der Waals surface area contributed by atoms with Gasteiger partial charge in [0.05, 0.1) is 5.54 Å². The van der Waals surface area contributed by atoms with Crippen LogP contribution >= 0.6 is 0 Å². The molecule has 1 atom stereocenters. The zero-order valence-electron chi connectivity index (χ0n) is 11.1. The first-order valence-corrected chi connectivity index (χ1v) is 6.00. The van der Waals surface area contributed by atoms with Crippen LogP contribution in [0.25, 0.3) is 0 Å². The molecule has 0 radical (unpaired) electrons. The van der Waals surface area contributed by atoms with Gasteiger partial charge in [-0.1, -0.05) is 6.92 Å². The smallest absolute Gasteiger partial charge is 0.410 e. The van der Waals surface area contributed by atoms with Crippen LogP contribution in [-0.4, -0.2) is 41.8 Å². The number of rotatable bonds is 1. The topological polar surface area (TPSA) is 41.6 Å². The normalized spacial score (nSPS) is 26.7. The predicted molar refractivity (Wildman–Crippen MR) is 64.5 cm³/mol. The van der Waals surface area contributed by atoms with E-state index in [0.29, 0.717) is 0 Å². The molecule has 0 bridgehead atoms. The van der Waals surface area contributed by atoms with E-state index in [-0.39, 0.29) is 11.6 Å². The van der Waals surface area contributed by atoms with Crippen LogP contribution in [0.5, 0.6) is 0 Å². The lowest BCUT2D eigenvalue weighted by atomic mass is 9.94. The summed E-state index contributed by atoms with van der Waals surface area (Å²) in [5.41, 5.74) is -0.544. The molecule has 1 fully saturated rings. The fourth-order valence-corrected chi connectivity index (χ4v) is 1.86. The van der Waals surface area contributed by atoms with Crippen molar-refractivity contribution in [1.82, 2.24) is 10.2 Å². The van der Waals surface area contributed by atoms with Crippen LogP contribution in [0.2, 0.25) is 0 Å². The Balaban J connectivity index is 2.72. The van der Waals surface area contributed by atoms with Crippen molar-refractivity contribution >= 4 is 6.09 Å². The van der Waals surface area contributed by atoms with Gasteiger partial charge in [-0.25, -0.2) is 4.79 Å². The first kappa shape index (κ1) is 13.3. The van der Waals surface area contributed by atoms with Gasteiger partial charge in [0, 0.05) is 19.6 Å². The monoisotopic (exact) mass is 228 g/mol. The van der Waals surface area contributed by atoms with Crippen molar-refractivity contribution in [1.29, 1.82) is 0 Å². The minimum atomic E-state index is -0.420. The average Bonchev–Trinajstić information content (AvgIpc) is 2.15. The second-order valence-corrected chi connectivity index (χ2v) is 5.66. The van der Waals surface area contributed by atoms with Crippen LogP contribution in [0.4, 0.5) is 4.79 Å². The minimum absolute atomic E-state index is 0.124. The molecule has 0 aromatic heterocycles. The highest BCUT2D eigenvalue weighted by Gasteiger charge is 2.38. The van der Waals surface area contributed by atoms with Gasteiger partial charge in [-0.15, -0.1) is 0 Å². The van der Waals surface area contributed by atoms with Crippen molar-refractivity contribution in [3.05, 3.63) is 0 Å². The molecular formula is C12H24N2O2. The van der Waals surface area contributed by atoms with Crippen LogP contribution in [0.1, 0.15) is 41.0 Å². The highest BCUT2D eigenvalue weighted by Crippen LogP contribution is 2.23. The molecule has 1 heterocycles. The van der Waals surface area contributed by atoms with Crippen LogP contribution in [-0.2, 0) is 4.74 Å². The average molecular weight is 228 g/mol. The van der Waals surface area contributed by atoms with Gasteiger partial charge in [-0.05, 0) is 34.1 Å². The van der Waals surface area contributed by atoms with Crippen molar-refractivity contribution in [2.24, 2.45) is 0 Å². The van der Waals surface area contributed by atoms with E-state index in [4.69, 9.17) is 4.74 Å². The molecular weight excluding hydrogens is 204 g/mol. The second kappa shape index (κ2) is 4.62. The molecule has 0 spiro atoms. The lowest BCUT2D eigenvalue weighted by molar-refractivity contribution is -0.00775. The standard InChI is InChI=1S/C12H24N2O2/c1-6-12(5)9-13-7-8-14(12)10(15)16-11(2,3)4/h13H,6-9H2,1-5H3. The summed E-state index contributed by atoms with van der Waals surface area (Å²) in [7, 11) is 0. The summed E-state index contributed by atoms with van der Waals surface area (Å²) in [4.78, 5) is 13.9. The van der Waals surface area contributed by atoms with E-state index < -0.39 is 5.60 Å². The molecule has 0 aromatic carbocycles. The third kappa shape index (κ3) is 3.11. The quantitative estimate of drug-likeness (QED) is 0.746. The summed E-state index contributed by atoms with van der Waals surface area (Å²) >= 11 is 0. The van der Waals surface area contributed by atoms with Crippen molar-refractivity contribution in [3.8, 4) is 0 Å². The third-order valence-electron chi connectivity index (χ3n) is 3.05. The van der Waals surface area contributed by atoms with Gasteiger partial charge in [0.15, 0.2) is 0 Å². The Labute approximate surface area is 98.3 Å². The third-order valence-corrected chi connectivity index (χ3v) is 3.05. The maximum absolute atomic E-state index is 12.1. The first-order valence-electron chi connectivity index (χ1n) is 6.00. The number of ether oxygens (including phenoxy) is 1. The highest BCUT2D eigenvalue weighted by molar-refractivity contribution is 5.69. The van der Waals surface area contributed by atoms with Crippen LogP contribution in [0, 0.1) is 0 Å². The molecule has 0 aromatic rings. The Bertz CT molecular complexity index is 260. The number of hydrogen-bond acceptors (Lipinski definition) is 3. The molecule has 1 saturated heterocycles. The molecule has 4 heteroatoms. The fraction of sp³-hybridized carbons (Fsp3) is 0.917. The van der Waals surface area contributed by atoms with E-state index in [0.717, 1.165) is 26.1 Å². The number of nitrogens with one attached hydrogen (secondary N) is 1. The highest BCUT2D eigenvalue weighted by atomic mass is 16.6. The van der Waals surface area contributed by atoms with E-state index in [1.165, 1.54) is 0 Å². The van der Waals surface area contributed by atoms with Gasteiger partial charge in [0.25, 0.3) is 0 Å². The summed E-state index contributed by atoms with van der Waals surface area (Å²) in [5, 5.41) is 3.32. The van der Waals surface area contributed by atoms with Crippen molar-refractivity contribution in [3.63, 3.8) is 0 Å². The number of carbonyl (C=O) groups is 1. The molecule has 1 N–H and O–H groups in total. The largest absolute Gasteiger partial charge is 0.444 e. The van der Waals surface area contributed by atoms with Gasteiger partial charge >= 0.3 is 6.09 Å². The number of piperazine rings is 1. The summed E-state index contributed by atoms with van der Waals surface area (Å²) < 4.78 is 5.43. The fourth-order valence-electron chi connectivity index (χ4n) is 1.86. The van der Waals surface area contributed by atoms with Crippen LogP contribution < -0.4 is 5.32 Å². The lowest BCUT2D eigenvalue weighted by Crippen LogP contribution is -2.61. The molecule has 0 aliphatic carbocycles. The van der Waals surface area contributed by atoms with Gasteiger partial charge in [-0.2, -0.15) is 0 Å². The summed E-state index contributed by atoms with van der Waals surface area (Å²) in [6.07, 6.45) is 0.734. The minimum Gasteiger partial charge on any atom is -0.444 e. The van der Waals surface area contributed by atoms with Crippen molar-refractivity contribution in [2.75, 3.05) is 19.6 Å². The first-order chi connectivity index (χ1) is 7.28. The Hall–Kier alpha value is -0.770. The van der Waals surface area contributed by atoms with Gasteiger partial charge in [0.1, 0.15) is 5.60 Å². The predicted octanol–water partition coefficient (Wildman–Crippen LogP) is 2.00. The summed E-state index contributed by atoms with van der Waals surface area (Å²) in [6.45, 7) is 12.3. The number of hydrogen-bond donors (Lipinski definition) is 1. The summed E-state index contributed by atoms with van der Waals surface area (Å²) in [6, 6.07) is 0. The molecule has 1 rings (SSSR count). The molecule has 16 heavy (non-hydrogen) atoms. The number of amides is 1. The maximum Gasteiger partial charge on any atom is 0.410 e. The number of nitrogens with zero attached hydrogens (tertiary/aromatic N) is 1. The van der Waals surface area contributed by atoms with Gasteiger partial charge < -0.3 is 15.0 Å². The molecule has 0 saturated carbocycles. The molecule has 1 aliphatic heterocycles. The van der Waals surface area contributed by atoms with Crippen LogP contribution in [0.15, 0.2) is 0 Å². The van der Waals surface area contributed by atoms with E-state index >= 15 is 0 Å². The van der Waals surface area contributed by atoms with E-state index in [1.807, 2.05) is 25.7 Å². The molecule has 1 unspecified atom stereocenters. The van der Waals surface area contributed by atoms with E-state index in [2.05, 4.69) is 19.2 Å². The Morgan fingerprint density at radius 1 is 1.50 bits per heavy atom. The molecule has 94 valence electrons. The second-order valence-electron chi connectivity index (χ2n) is 5.66. The maximum atomic E-state index is 12.1. The SMILES string of the molecule is CCC1(C)CNCCN1C(=O)OC(C)(C)C. The van der Waals surface area contributed by atoms with Gasteiger partial charge in [0.2, 0.25) is 0 Å². The molecule has 1 amide bonds. The van der Waals surface area contributed by atoms with E-state index in [1.54, 1.807) is 0 Å². The van der Waals surface area contributed by atoms with E-state index in [9.17, 15) is 4.79 Å². The lowest BCUT2D eigenvalue weighted by Gasteiger charge is -2.44. The molecule has 1 aliphatic rings. The Morgan fingerprint density at radius 3 is 2.62 bits per heavy atom.